The summed E-state index contributed by atoms with van der Waals surface area (Å²) in [6, 6.07) is 5.49. The highest BCUT2D eigenvalue weighted by Gasteiger charge is 2.20. The minimum absolute atomic E-state index is 0.166. The maximum Gasteiger partial charge on any atom is 0.123 e. The van der Waals surface area contributed by atoms with E-state index in [4.69, 9.17) is 4.74 Å². The number of nitrogens with zero attached hydrogens (tertiary/aromatic N) is 1. The van der Waals surface area contributed by atoms with Crippen molar-refractivity contribution in [3.05, 3.63) is 29.6 Å². The standard InChI is InChI=1S/C16H25FN2O/c1-12(2)18-11-13-10-14(17)4-5-16(13)19-8-6-15(20-3)7-9-19/h4-5,10,12,15,18H,6-9,11H2,1-3H3. The summed E-state index contributed by atoms with van der Waals surface area (Å²) < 4.78 is 18.9. The summed E-state index contributed by atoms with van der Waals surface area (Å²) in [4.78, 5) is 2.34. The molecular formula is C16H25FN2O. The van der Waals surface area contributed by atoms with Gasteiger partial charge in [0.25, 0.3) is 0 Å². The zero-order valence-electron chi connectivity index (χ0n) is 12.7. The molecule has 0 saturated carbocycles. The molecule has 1 aromatic carbocycles. The lowest BCUT2D eigenvalue weighted by molar-refractivity contribution is 0.0819. The Bertz CT molecular complexity index is 428. The lowest BCUT2D eigenvalue weighted by atomic mass is 10.0. The summed E-state index contributed by atoms with van der Waals surface area (Å²) in [6.07, 6.45) is 2.43. The average molecular weight is 280 g/mol. The molecule has 20 heavy (non-hydrogen) atoms. The van der Waals surface area contributed by atoms with E-state index in [0.717, 1.165) is 37.2 Å². The number of methoxy groups -OCH3 is 1. The van der Waals surface area contributed by atoms with Gasteiger partial charge in [-0.05, 0) is 36.6 Å². The van der Waals surface area contributed by atoms with Gasteiger partial charge in [-0.1, -0.05) is 13.8 Å². The predicted molar refractivity (Wildman–Crippen MR) is 80.6 cm³/mol. The molecule has 0 aromatic heterocycles. The number of benzene rings is 1. The van der Waals surface area contributed by atoms with E-state index in [0.29, 0.717) is 18.7 Å². The molecule has 3 nitrogen and oxygen atoms in total. The van der Waals surface area contributed by atoms with Gasteiger partial charge in [-0.15, -0.1) is 0 Å². The molecule has 0 spiro atoms. The number of halogens is 1. The maximum absolute atomic E-state index is 13.5. The Hall–Kier alpha value is -1.13. The Labute approximate surface area is 121 Å². The van der Waals surface area contributed by atoms with E-state index < -0.39 is 0 Å². The van der Waals surface area contributed by atoms with Crippen LogP contribution in [0.5, 0.6) is 0 Å². The minimum Gasteiger partial charge on any atom is -0.381 e. The first-order valence-electron chi connectivity index (χ1n) is 7.39. The molecule has 2 rings (SSSR count). The molecule has 1 heterocycles. The summed E-state index contributed by atoms with van der Waals surface area (Å²) in [5, 5.41) is 3.37. The topological polar surface area (TPSA) is 24.5 Å². The minimum atomic E-state index is -0.166. The molecule has 0 aliphatic carbocycles. The molecule has 112 valence electrons. The van der Waals surface area contributed by atoms with E-state index in [1.54, 1.807) is 19.2 Å². The zero-order valence-corrected chi connectivity index (χ0v) is 12.7. The fourth-order valence-electron chi connectivity index (χ4n) is 2.65. The quantitative estimate of drug-likeness (QED) is 0.897. The largest absolute Gasteiger partial charge is 0.381 e. The van der Waals surface area contributed by atoms with Crippen molar-refractivity contribution in [2.45, 2.75) is 45.4 Å². The predicted octanol–water partition coefficient (Wildman–Crippen LogP) is 2.94. The molecule has 1 aromatic rings. The van der Waals surface area contributed by atoms with Gasteiger partial charge in [0.05, 0.1) is 6.10 Å². The number of rotatable bonds is 5. The van der Waals surface area contributed by atoms with E-state index in [1.807, 2.05) is 6.07 Å². The van der Waals surface area contributed by atoms with Crippen LogP contribution in [0.1, 0.15) is 32.3 Å². The third-order valence-electron chi connectivity index (χ3n) is 3.86. The van der Waals surface area contributed by atoms with Crippen LogP contribution in [0.4, 0.5) is 10.1 Å². The fourth-order valence-corrected chi connectivity index (χ4v) is 2.65. The van der Waals surface area contributed by atoms with Crippen molar-refractivity contribution in [1.29, 1.82) is 0 Å². The van der Waals surface area contributed by atoms with Crippen molar-refractivity contribution in [3.8, 4) is 0 Å². The van der Waals surface area contributed by atoms with Gasteiger partial charge in [-0.2, -0.15) is 0 Å². The van der Waals surface area contributed by atoms with Crippen LogP contribution in [0.3, 0.4) is 0 Å². The van der Waals surface area contributed by atoms with Crippen LogP contribution in [0.2, 0.25) is 0 Å². The highest BCUT2D eigenvalue weighted by atomic mass is 19.1. The van der Waals surface area contributed by atoms with E-state index in [-0.39, 0.29) is 5.82 Å². The number of ether oxygens (including phenoxy) is 1. The average Bonchev–Trinajstić information content (AvgIpc) is 2.45. The second kappa shape index (κ2) is 7.04. The molecule has 4 heteroatoms. The molecule has 1 N–H and O–H groups in total. The number of piperidine rings is 1. The summed E-state index contributed by atoms with van der Waals surface area (Å²) in [7, 11) is 1.77. The van der Waals surface area contributed by atoms with Gasteiger partial charge in [0, 0.05) is 38.5 Å². The summed E-state index contributed by atoms with van der Waals surface area (Å²) in [5.41, 5.74) is 2.18. The molecule has 1 aliphatic rings. The Balaban J connectivity index is 2.10. The van der Waals surface area contributed by atoms with E-state index in [2.05, 4.69) is 24.1 Å². The zero-order chi connectivity index (χ0) is 14.5. The third kappa shape index (κ3) is 3.93. The third-order valence-corrected chi connectivity index (χ3v) is 3.86. The van der Waals surface area contributed by atoms with E-state index in [9.17, 15) is 4.39 Å². The molecule has 1 saturated heterocycles. The monoisotopic (exact) mass is 280 g/mol. The van der Waals surface area contributed by atoms with Crippen molar-refractivity contribution >= 4 is 5.69 Å². The summed E-state index contributed by atoms with van der Waals surface area (Å²) in [6.45, 7) is 6.85. The molecule has 0 radical (unpaired) electrons. The second-order valence-corrected chi connectivity index (χ2v) is 5.73. The van der Waals surface area contributed by atoms with Gasteiger partial charge >= 0.3 is 0 Å². The van der Waals surface area contributed by atoms with Crippen molar-refractivity contribution in [3.63, 3.8) is 0 Å². The van der Waals surface area contributed by atoms with E-state index >= 15 is 0 Å². The Morgan fingerprint density at radius 3 is 2.65 bits per heavy atom. The van der Waals surface area contributed by atoms with Crippen LogP contribution in [0.25, 0.3) is 0 Å². The number of nitrogens with one attached hydrogen (secondary N) is 1. The number of anilines is 1. The fraction of sp³-hybridized carbons (Fsp3) is 0.625. The van der Waals surface area contributed by atoms with Crippen LogP contribution in [-0.4, -0.2) is 32.3 Å². The first kappa shape index (κ1) is 15.3. The van der Waals surface area contributed by atoms with Crippen LogP contribution in [-0.2, 0) is 11.3 Å². The first-order chi connectivity index (χ1) is 9.60. The van der Waals surface area contributed by atoms with Gasteiger partial charge in [0.1, 0.15) is 5.82 Å². The Morgan fingerprint density at radius 1 is 1.35 bits per heavy atom. The van der Waals surface area contributed by atoms with Crippen molar-refractivity contribution in [1.82, 2.24) is 5.32 Å². The van der Waals surface area contributed by atoms with E-state index in [1.165, 1.54) is 0 Å². The normalized spacial score (nSPS) is 16.9. The SMILES string of the molecule is COC1CCN(c2ccc(F)cc2CNC(C)C)CC1. The van der Waals surface area contributed by atoms with Gasteiger partial charge in [0.15, 0.2) is 0 Å². The number of hydrogen-bond acceptors (Lipinski definition) is 3. The van der Waals surface area contributed by atoms with Crippen LogP contribution < -0.4 is 10.2 Å². The molecular weight excluding hydrogens is 255 g/mol. The van der Waals surface area contributed by atoms with Gasteiger partial charge in [-0.25, -0.2) is 4.39 Å². The first-order valence-corrected chi connectivity index (χ1v) is 7.39. The lowest BCUT2D eigenvalue weighted by Gasteiger charge is -2.34. The van der Waals surface area contributed by atoms with Gasteiger partial charge in [0.2, 0.25) is 0 Å². The molecule has 0 unspecified atom stereocenters. The van der Waals surface area contributed by atoms with Crippen molar-refractivity contribution < 1.29 is 9.13 Å². The maximum atomic E-state index is 13.5. The van der Waals surface area contributed by atoms with Crippen molar-refractivity contribution in [2.75, 3.05) is 25.1 Å². The van der Waals surface area contributed by atoms with Crippen molar-refractivity contribution in [2.24, 2.45) is 0 Å². The highest BCUT2D eigenvalue weighted by Crippen LogP contribution is 2.26. The smallest absolute Gasteiger partial charge is 0.123 e. The Kier molecular flexibility index (Phi) is 5.38. The second-order valence-electron chi connectivity index (χ2n) is 5.73. The Morgan fingerprint density at radius 2 is 2.05 bits per heavy atom. The highest BCUT2D eigenvalue weighted by molar-refractivity contribution is 5.54. The molecule has 0 amide bonds. The van der Waals surface area contributed by atoms with Gasteiger partial charge < -0.3 is 15.0 Å². The summed E-state index contributed by atoms with van der Waals surface area (Å²) in [5.74, 6) is -0.166. The summed E-state index contributed by atoms with van der Waals surface area (Å²) >= 11 is 0. The molecule has 0 atom stereocenters. The van der Waals surface area contributed by atoms with Crippen LogP contribution >= 0.6 is 0 Å². The van der Waals surface area contributed by atoms with Crippen LogP contribution in [0.15, 0.2) is 18.2 Å². The molecule has 1 fully saturated rings. The number of hydrogen-bond donors (Lipinski definition) is 1. The molecule has 0 bridgehead atoms. The van der Waals surface area contributed by atoms with Crippen LogP contribution in [0, 0.1) is 5.82 Å². The van der Waals surface area contributed by atoms with Gasteiger partial charge in [-0.3, -0.25) is 0 Å². The molecule has 1 aliphatic heterocycles. The lowest BCUT2D eigenvalue weighted by Crippen LogP contribution is -2.37.